The van der Waals surface area contributed by atoms with Crippen LogP contribution in [0.25, 0.3) is 6.08 Å². The summed E-state index contributed by atoms with van der Waals surface area (Å²) in [5.74, 6) is -0.240. The number of hydrogen-bond donors (Lipinski definition) is 1. The summed E-state index contributed by atoms with van der Waals surface area (Å²) in [7, 11) is 0. The number of hydrogen-bond acceptors (Lipinski definition) is 3. The summed E-state index contributed by atoms with van der Waals surface area (Å²) in [5, 5.41) is 3.02. The fourth-order valence-electron chi connectivity index (χ4n) is 3.03. The van der Waals surface area contributed by atoms with Gasteiger partial charge in [-0.25, -0.2) is 4.79 Å². The van der Waals surface area contributed by atoms with Gasteiger partial charge in [0.2, 0.25) is 0 Å². The normalized spacial score (nSPS) is 22.1. The highest BCUT2D eigenvalue weighted by atomic mass is 16.5. The maximum absolute atomic E-state index is 12.2. The summed E-state index contributed by atoms with van der Waals surface area (Å²) in [6.45, 7) is 5.75. The van der Waals surface area contributed by atoms with Crippen LogP contribution in [0.1, 0.15) is 50.7 Å². The van der Waals surface area contributed by atoms with Crippen LogP contribution in [0.5, 0.6) is 0 Å². The zero-order valence-corrected chi connectivity index (χ0v) is 14.7. The maximum atomic E-state index is 12.2. The Hall–Kier alpha value is -2.10. The first kappa shape index (κ1) is 18.2. The Kier molecular flexibility index (Phi) is 6.59. The first-order chi connectivity index (χ1) is 11.5. The summed E-state index contributed by atoms with van der Waals surface area (Å²) in [6, 6.07) is 7.96. The predicted molar refractivity (Wildman–Crippen MR) is 95.3 cm³/mol. The monoisotopic (exact) mass is 329 g/mol. The first-order valence-electron chi connectivity index (χ1n) is 8.72. The van der Waals surface area contributed by atoms with E-state index in [0.717, 1.165) is 30.4 Å². The lowest BCUT2D eigenvalue weighted by atomic mass is 9.86. The second-order valence-corrected chi connectivity index (χ2v) is 6.65. The van der Waals surface area contributed by atoms with Gasteiger partial charge in [0, 0.05) is 12.1 Å². The molecule has 0 saturated heterocycles. The van der Waals surface area contributed by atoms with Gasteiger partial charge in [-0.15, -0.1) is 0 Å². The van der Waals surface area contributed by atoms with Crippen LogP contribution in [0.2, 0.25) is 0 Å². The third kappa shape index (κ3) is 5.22. The molecule has 2 rings (SSSR count). The van der Waals surface area contributed by atoms with E-state index >= 15 is 0 Å². The average Bonchev–Trinajstić information content (AvgIpc) is 2.56. The summed E-state index contributed by atoms with van der Waals surface area (Å²) in [5.41, 5.74) is 2.04. The second-order valence-electron chi connectivity index (χ2n) is 6.65. The van der Waals surface area contributed by atoms with E-state index in [0.29, 0.717) is 5.92 Å². The van der Waals surface area contributed by atoms with Crippen molar-refractivity contribution in [1.82, 2.24) is 5.32 Å². The molecule has 1 aromatic rings. The fraction of sp³-hybridized carbons (Fsp3) is 0.500. The predicted octanol–water partition coefficient (Wildman–Crippen LogP) is 3.63. The minimum absolute atomic E-state index is 0.190. The summed E-state index contributed by atoms with van der Waals surface area (Å²) < 4.78 is 5.21. The van der Waals surface area contributed by atoms with Gasteiger partial charge < -0.3 is 10.1 Å². The van der Waals surface area contributed by atoms with E-state index in [1.54, 1.807) is 13.0 Å². The van der Waals surface area contributed by atoms with Crippen LogP contribution < -0.4 is 5.32 Å². The number of carbonyl (C=O) groups is 2. The molecule has 0 spiro atoms. The Morgan fingerprint density at radius 3 is 2.67 bits per heavy atom. The van der Waals surface area contributed by atoms with Gasteiger partial charge in [-0.05, 0) is 49.8 Å². The van der Waals surface area contributed by atoms with Gasteiger partial charge in [0.1, 0.15) is 0 Å². The van der Waals surface area contributed by atoms with Crippen LogP contribution in [0.15, 0.2) is 30.3 Å². The SMILES string of the molecule is Cc1ccccc1/C=C/C(=O)O[C@H](C)C(=O)N[C@@H]1CCCC[C@@H]1C. The molecule has 1 aromatic carbocycles. The van der Waals surface area contributed by atoms with Crippen LogP contribution in [0, 0.1) is 12.8 Å². The van der Waals surface area contributed by atoms with Crippen LogP contribution in [0.3, 0.4) is 0 Å². The smallest absolute Gasteiger partial charge is 0.331 e. The lowest BCUT2D eigenvalue weighted by Gasteiger charge is -2.30. The largest absolute Gasteiger partial charge is 0.449 e. The van der Waals surface area contributed by atoms with Crippen molar-refractivity contribution in [2.45, 2.75) is 58.6 Å². The molecule has 1 fully saturated rings. The zero-order valence-electron chi connectivity index (χ0n) is 14.7. The van der Waals surface area contributed by atoms with E-state index in [4.69, 9.17) is 4.74 Å². The molecule has 4 heteroatoms. The first-order valence-corrected chi connectivity index (χ1v) is 8.72. The van der Waals surface area contributed by atoms with E-state index < -0.39 is 12.1 Å². The van der Waals surface area contributed by atoms with Gasteiger partial charge in [-0.3, -0.25) is 4.79 Å². The third-order valence-electron chi connectivity index (χ3n) is 4.69. The van der Waals surface area contributed by atoms with Gasteiger partial charge in [-0.2, -0.15) is 0 Å². The Labute approximate surface area is 144 Å². The van der Waals surface area contributed by atoms with Gasteiger partial charge in [0.15, 0.2) is 6.10 Å². The molecule has 1 amide bonds. The van der Waals surface area contributed by atoms with Gasteiger partial charge in [0.25, 0.3) is 5.91 Å². The number of esters is 1. The molecule has 0 aromatic heterocycles. The molecule has 0 heterocycles. The van der Waals surface area contributed by atoms with E-state index in [1.807, 2.05) is 31.2 Å². The van der Waals surface area contributed by atoms with Gasteiger partial charge in [-0.1, -0.05) is 44.0 Å². The number of ether oxygens (including phenoxy) is 1. The Bertz CT molecular complexity index is 609. The van der Waals surface area contributed by atoms with Crippen molar-refractivity contribution >= 4 is 18.0 Å². The molecule has 1 aliphatic carbocycles. The van der Waals surface area contributed by atoms with Crippen molar-refractivity contribution in [3.63, 3.8) is 0 Å². The molecule has 24 heavy (non-hydrogen) atoms. The quantitative estimate of drug-likeness (QED) is 0.663. The van der Waals surface area contributed by atoms with Crippen molar-refractivity contribution in [2.24, 2.45) is 5.92 Å². The molecular formula is C20H27NO3. The van der Waals surface area contributed by atoms with E-state index in [1.165, 1.54) is 12.5 Å². The molecule has 0 bridgehead atoms. The van der Waals surface area contributed by atoms with Gasteiger partial charge >= 0.3 is 5.97 Å². The van der Waals surface area contributed by atoms with Crippen LogP contribution in [0.4, 0.5) is 0 Å². The molecule has 0 aliphatic heterocycles. The van der Waals surface area contributed by atoms with Crippen molar-refractivity contribution in [3.05, 3.63) is 41.5 Å². The lowest BCUT2D eigenvalue weighted by molar-refractivity contribution is -0.150. The molecule has 3 atom stereocenters. The molecule has 4 nitrogen and oxygen atoms in total. The highest BCUT2D eigenvalue weighted by molar-refractivity contribution is 5.90. The summed E-state index contributed by atoms with van der Waals surface area (Å²) in [6.07, 6.45) is 6.80. The minimum atomic E-state index is -0.784. The zero-order chi connectivity index (χ0) is 17.5. The minimum Gasteiger partial charge on any atom is -0.449 e. The second kappa shape index (κ2) is 8.67. The Morgan fingerprint density at radius 1 is 1.25 bits per heavy atom. The molecule has 130 valence electrons. The van der Waals surface area contributed by atoms with Gasteiger partial charge in [0.05, 0.1) is 0 Å². The van der Waals surface area contributed by atoms with Crippen LogP contribution >= 0.6 is 0 Å². The average molecular weight is 329 g/mol. The van der Waals surface area contributed by atoms with Crippen LogP contribution in [-0.2, 0) is 14.3 Å². The lowest BCUT2D eigenvalue weighted by Crippen LogP contribution is -2.45. The molecule has 1 aliphatic rings. The fourth-order valence-corrected chi connectivity index (χ4v) is 3.03. The van der Waals surface area contributed by atoms with E-state index in [-0.39, 0.29) is 11.9 Å². The number of rotatable bonds is 5. The molecule has 0 radical (unpaired) electrons. The maximum Gasteiger partial charge on any atom is 0.331 e. The Balaban J connectivity index is 1.84. The standard InChI is InChI=1S/C20H27NO3/c1-14-8-4-6-10-17(14)12-13-19(22)24-16(3)20(23)21-18-11-7-5-9-15(18)2/h4,6,8,10,12-13,15-16,18H,5,7,9,11H2,1-3H3,(H,21,23)/b13-12+/t15-,16+,18+/m0/s1. The number of benzene rings is 1. The molecule has 0 unspecified atom stereocenters. The summed E-state index contributed by atoms with van der Waals surface area (Å²) in [4.78, 5) is 24.1. The molecule has 1 N–H and O–H groups in total. The third-order valence-corrected chi connectivity index (χ3v) is 4.69. The highest BCUT2D eigenvalue weighted by Crippen LogP contribution is 2.23. The number of amides is 1. The van der Waals surface area contributed by atoms with Crippen molar-refractivity contribution < 1.29 is 14.3 Å². The van der Waals surface area contributed by atoms with Crippen molar-refractivity contribution in [1.29, 1.82) is 0 Å². The highest BCUT2D eigenvalue weighted by Gasteiger charge is 2.25. The molecular weight excluding hydrogens is 302 g/mol. The van der Waals surface area contributed by atoms with E-state index in [9.17, 15) is 9.59 Å². The van der Waals surface area contributed by atoms with Crippen molar-refractivity contribution in [2.75, 3.05) is 0 Å². The number of carbonyl (C=O) groups excluding carboxylic acids is 2. The van der Waals surface area contributed by atoms with E-state index in [2.05, 4.69) is 12.2 Å². The topological polar surface area (TPSA) is 55.4 Å². The Morgan fingerprint density at radius 2 is 1.96 bits per heavy atom. The molecule has 1 saturated carbocycles. The number of nitrogens with one attached hydrogen (secondary N) is 1. The van der Waals surface area contributed by atoms with Crippen LogP contribution in [-0.4, -0.2) is 24.0 Å². The summed E-state index contributed by atoms with van der Waals surface area (Å²) >= 11 is 0. The number of aryl methyl sites for hydroxylation is 1. The van der Waals surface area contributed by atoms with Crippen molar-refractivity contribution in [3.8, 4) is 0 Å².